The smallest absolute Gasteiger partial charge is 0.224 e. The fourth-order valence-corrected chi connectivity index (χ4v) is 2.14. The van der Waals surface area contributed by atoms with Gasteiger partial charge in [0.05, 0.1) is 12.6 Å². The van der Waals surface area contributed by atoms with Crippen molar-refractivity contribution in [3.05, 3.63) is 11.8 Å². The predicted octanol–water partition coefficient (Wildman–Crippen LogP) is 0.788. The van der Waals surface area contributed by atoms with Crippen molar-refractivity contribution in [2.24, 2.45) is 0 Å². The Hall–Kier alpha value is -1.36. The minimum Gasteiger partial charge on any atom is -0.394 e. The third-order valence-electron chi connectivity index (χ3n) is 2.95. The summed E-state index contributed by atoms with van der Waals surface area (Å²) < 4.78 is 0. The molecule has 5 heteroatoms. The summed E-state index contributed by atoms with van der Waals surface area (Å²) in [5.74, 6) is 1.55. The van der Waals surface area contributed by atoms with Crippen LogP contribution in [0.1, 0.15) is 18.5 Å². The van der Waals surface area contributed by atoms with Crippen molar-refractivity contribution in [2.45, 2.75) is 25.8 Å². The Balaban J connectivity index is 2.28. The van der Waals surface area contributed by atoms with Gasteiger partial charge in [-0.05, 0) is 19.8 Å². The molecule has 1 aliphatic heterocycles. The largest absolute Gasteiger partial charge is 0.394 e. The van der Waals surface area contributed by atoms with Gasteiger partial charge >= 0.3 is 0 Å². The molecule has 1 fully saturated rings. The van der Waals surface area contributed by atoms with Crippen LogP contribution in [0.4, 0.5) is 11.8 Å². The molecule has 88 valence electrons. The molecular formula is C11H18N4O. The van der Waals surface area contributed by atoms with Gasteiger partial charge in [0.15, 0.2) is 0 Å². The molecule has 0 aromatic carbocycles. The molecule has 0 saturated carbocycles. The number of rotatable bonds is 3. The van der Waals surface area contributed by atoms with Gasteiger partial charge in [0.25, 0.3) is 0 Å². The highest BCUT2D eigenvalue weighted by molar-refractivity contribution is 5.46. The molecule has 0 spiro atoms. The van der Waals surface area contributed by atoms with E-state index in [4.69, 9.17) is 0 Å². The van der Waals surface area contributed by atoms with Crippen LogP contribution in [0.3, 0.4) is 0 Å². The van der Waals surface area contributed by atoms with Crippen molar-refractivity contribution in [1.82, 2.24) is 9.97 Å². The molecular weight excluding hydrogens is 204 g/mol. The topological polar surface area (TPSA) is 61.3 Å². The van der Waals surface area contributed by atoms with Gasteiger partial charge in [0.1, 0.15) is 5.82 Å². The zero-order valence-electron chi connectivity index (χ0n) is 9.77. The highest BCUT2D eigenvalue weighted by atomic mass is 16.3. The van der Waals surface area contributed by atoms with Crippen molar-refractivity contribution in [1.29, 1.82) is 0 Å². The van der Waals surface area contributed by atoms with E-state index in [1.54, 1.807) is 0 Å². The molecule has 1 unspecified atom stereocenters. The lowest BCUT2D eigenvalue weighted by Gasteiger charge is -2.24. The van der Waals surface area contributed by atoms with Gasteiger partial charge in [-0.3, -0.25) is 0 Å². The van der Waals surface area contributed by atoms with Gasteiger partial charge in [-0.2, -0.15) is 4.98 Å². The number of hydrogen-bond donors (Lipinski definition) is 2. The van der Waals surface area contributed by atoms with Crippen molar-refractivity contribution < 1.29 is 5.11 Å². The zero-order valence-corrected chi connectivity index (χ0v) is 9.77. The van der Waals surface area contributed by atoms with Gasteiger partial charge in [-0.25, -0.2) is 4.98 Å². The Bertz CT molecular complexity index is 369. The Morgan fingerprint density at radius 1 is 1.56 bits per heavy atom. The van der Waals surface area contributed by atoms with Crippen LogP contribution in [-0.4, -0.2) is 41.3 Å². The molecule has 2 N–H and O–H groups in total. The van der Waals surface area contributed by atoms with E-state index >= 15 is 0 Å². The Morgan fingerprint density at radius 3 is 3.06 bits per heavy atom. The fraction of sp³-hybridized carbons (Fsp3) is 0.636. The molecule has 0 bridgehead atoms. The normalized spacial score (nSPS) is 20.2. The molecule has 2 heterocycles. The van der Waals surface area contributed by atoms with Crippen LogP contribution in [0.5, 0.6) is 0 Å². The Labute approximate surface area is 95.5 Å². The van der Waals surface area contributed by atoms with Gasteiger partial charge in [-0.15, -0.1) is 0 Å². The second-order valence-electron chi connectivity index (χ2n) is 4.11. The SMILES string of the molecule is CNc1nc(C)cc(N2CCCC2CO)n1. The average molecular weight is 222 g/mol. The van der Waals surface area contributed by atoms with Crippen molar-refractivity contribution >= 4 is 11.8 Å². The number of aromatic nitrogens is 2. The molecule has 2 rings (SSSR count). The molecule has 0 amide bonds. The lowest BCUT2D eigenvalue weighted by atomic mass is 10.2. The van der Waals surface area contributed by atoms with Crippen molar-refractivity contribution in [3.63, 3.8) is 0 Å². The summed E-state index contributed by atoms with van der Waals surface area (Å²) in [7, 11) is 1.81. The van der Waals surface area contributed by atoms with Crippen LogP contribution in [0, 0.1) is 6.92 Å². The third-order valence-corrected chi connectivity index (χ3v) is 2.95. The lowest BCUT2D eigenvalue weighted by molar-refractivity contribution is 0.266. The highest BCUT2D eigenvalue weighted by Gasteiger charge is 2.25. The first kappa shape index (κ1) is 11.1. The van der Waals surface area contributed by atoms with Crippen LogP contribution >= 0.6 is 0 Å². The lowest BCUT2D eigenvalue weighted by Crippen LogP contribution is -2.33. The molecule has 1 aliphatic rings. The summed E-state index contributed by atoms with van der Waals surface area (Å²) in [6.07, 6.45) is 2.15. The van der Waals surface area contributed by atoms with E-state index in [1.165, 1.54) is 0 Å². The maximum atomic E-state index is 9.29. The maximum absolute atomic E-state index is 9.29. The van der Waals surface area contributed by atoms with Gasteiger partial charge in [0, 0.05) is 25.4 Å². The Morgan fingerprint density at radius 2 is 2.38 bits per heavy atom. The number of anilines is 2. The van der Waals surface area contributed by atoms with Gasteiger partial charge < -0.3 is 15.3 Å². The highest BCUT2D eigenvalue weighted by Crippen LogP contribution is 2.24. The van der Waals surface area contributed by atoms with Crippen molar-refractivity contribution in [2.75, 3.05) is 30.4 Å². The summed E-state index contributed by atoms with van der Waals surface area (Å²) in [4.78, 5) is 10.9. The van der Waals surface area contributed by atoms with E-state index in [9.17, 15) is 5.11 Å². The molecule has 0 radical (unpaired) electrons. The summed E-state index contributed by atoms with van der Waals surface area (Å²) in [5, 5.41) is 12.2. The number of aliphatic hydroxyl groups is 1. The summed E-state index contributed by atoms with van der Waals surface area (Å²) in [6, 6.07) is 2.17. The molecule has 1 aromatic rings. The first-order chi connectivity index (χ1) is 7.74. The summed E-state index contributed by atoms with van der Waals surface area (Å²) in [5.41, 5.74) is 0.943. The number of aryl methyl sites for hydroxylation is 1. The van der Waals surface area contributed by atoms with E-state index in [0.29, 0.717) is 5.95 Å². The first-order valence-electron chi connectivity index (χ1n) is 5.65. The fourth-order valence-electron chi connectivity index (χ4n) is 2.14. The first-order valence-corrected chi connectivity index (χ1v) is 5.65. The maximum Gasteiger partial charge on any atom is 0.224 e. The monoisotopic (exact) mass is 222 g/mol. The minimum atomic E-state index is 0.192. The van der Waals surface area contributed by atoms with Crippen molar-refractivity contribution in [3.8, 4) is 0 Å². The standard InChI is InChI=1S/C11H18N4O/c1-8-6-10(14-11(12-2)13-8)15-5-3-4-9(15)7-16/h6,9,16H,3-5,7H2,1-2H3,(H,12,13,14). The van der Waals surface area contributed by atoms with E-state index < -0.39 is 0 Å². The molecule has 1 aromatic heterocycles. The van der Waals surface area contributed by atoms with Gasteiger partial charge in [0.2, 0.25) is 5.95 Å². The molecule has 1 saturated heterocycles. The molecule has 5 nitrogen and oxygen atoms in total. The quantitative estimate of drug-likeness (QED) is 0.791. The van der Waals surface area contributed by atoms with E-state index in [0.717, 1.165) is 30.9 Å². The predicted molar refractivity (Wildman–Crippen MR) is 63.8 cm³/mol. The molecule has 16 heavy (non-hydrogen) atoms. The zero-order chi connectivity index (χ0) is 11.5. The van der Waals surface area contributed by atoms with Gasteiger partial charge in [-0.1, -0.05) is 0 Å². The second kappa shape index (κ2) is 4.65. The third kappa shape index (κ3) is 2.09. The summed E-state index contributed by atoms with van der Waals surface area (Å²) >= 11 is 0. The average Bonchev–Trinajstić information content (AvgIpc) is 2.76. The minimum absolute atomic E-state index is 0.192. The van der Waals surface area contributed by atoms with E-state index in [-0.39, 0.29) is 12.6 Å². The second-order valence-corrected chi connectivity index (χ2v) is 4.11. The summed E-state index contributed by atoms with van der Waals surface area (Å²) in [6.45, 7) is 3.11. The molecule has 0 aliphatic carbocycles. The van der Waals surface area contributed by atoms with E-state index in [2.05, 4.69) is 20.2 Å². The number of hydrogen-bond acceptors (Lipinski definition) is 5. The van der Waals surface area contributed by atoms with Crippen LogP contribution < -0.4 is 10.2 Å². The van der Waals surface area contributed by atoms with Crippen LogP contribution in [0.2, 0.25) is 0 Å². The Kier molecular flexibility index (Phi) is 3.24. The van der Waals surface area contributed by atoms with Crippen LogP contribution in [-0.2, 0) is 0 Å². The number of nitrogens with one attached hydrogen (secondary N) is 1. The van der Waals surface area contributed by atoms with Crippen LogP contribution in [0.15, 0.2) is 6.07 Å². The number of nitrogens with zero attached hydrogens (tertiary/aromatic N) is 3. The van der Waals surface area contributed by atoms with E-state index in [1.807, 2.05) is 20.0 Å². The number of aliphatic hydroxyl groups excluding tert-OH is 1. The molecule has 1 atom stereocenters. The van der Waals surface area contributed by atoms with Crippen LogP contribution in [0.25, 0.3) is 0 Å².